The fourth-order valence-corrected chi connectivity index (χ4v) is 3.28. The molecule has 1 aliphatic rings. The number of nitrogens with zero attached hydrogens (tertiary/aromatic N) is 3. The molecule has 0 radical (unpaired) electrons. The summed E-state index contributed by atoms with van der Waals surface area (Å²) < 4.78 is 5.11. The molecule has 1 aromatic heterocycles. The molecule has 0 spiro atoms. The number of amides is 1. The molecule has 2 heterocycles. The van der Waals surface area contributed by atoms with Crippen LogP contribution in [-0.4, -0.2) is 54.2 Å². The first kappa shape index (κ1) is 18.2. The van der Waals surface area contributed by atoms with Gasteiger partial charge in [-0.1, -0.05) is 12.1 Å². The fraction of sp³-hybridized carbons (Fsp3) is 0.400. The van der Waals surface area contributed by atoms with Crippen LogP contribution in [-0.2, 0) is 4.79 Å². The molecule has 2 aromatic rings. The van der Waals surface area contributed by atoms with E-state index in [1.807, 2.05) is 13.8 Å². The number of anilines is 1. The van der Waals surface area contributed by atoms with Crippen molar-refractivity contribution in [3.8, 4) is 5.75 Å². The van der Waals surface area contributed by atoms with Gasteiger partial charge in [-0.15, -0.1) is 0 Å². The summed E-state index contributed by atoms with van der Waals surface area (Å²) in [4.78, 5) is 21.0. The summed E-state index contributed by atoms with van der Waals surface area (Å²) in [5, 5.41) is 10.4. The Labute approximate surface area is 154 Å². The van der Waals surface area contributed by atoms with Crippen LogP contribution in [0.5, 0.6) is 5.75 Å². The molecule has 1 saturated heterocycles. The van der Waals surface area contributed by atoms with E-state index in [1.54, 1.807) is 36.3 Å². The molecule has 1 aliphatic heterocycles. The summed E-state index contributed by atoms with van der Waals surface area (Å²) in [5.74, 6) is 0.446. The number of hydrogen-bond donors (Lipinski definition) is 1. The standard InChI is InChI=1S/C20H25N3O3/c1-14-12-17(13-15(2)21-14)22-8-10-23(11-9-22)20(25)19(24)16-4-6-18(26-3)7-5-16/h4-7,12-13,19,24H,8-11H2,1-3H3/t19-/m1/s1. The van der Waals surface area contributed by atoms with Gasteiger partial charge < -0.3 is 19.6 Å². The van der Waals surface area contributed by atoms with E-state index < -0.39 is 6.10 Å². The SMILES string of the molecule is COc1ccc([C@@H](O)C(=O)N2CCN(c3cc(C)nc(C)c3)CC2)cc1. The van der Waals surface area contributed by atoms with Gasteiger partial charge in [0.1, 0.15) is 5.75 Å². The van der Waals surface area contributed by atoms with Crippen molar-refractivity contribution in [2.75, 3.05) is 38.2 Å². The number of aryl methyl sites for hydroxylation is 2. The lowest BCUT2D eigenvalue weighted by molar-refractivity contribution is -0.140. The van der Waals surface area contributed by atoms with E-state index in [1.165, 1.54) is 0 Å². The summed E-state index contributed by atoms with van der Waals surface area (Å²) in [6.45, 7) is 6.63. The van der Waals surface area contributed by atoms with E-state index in [2.05, 4.69) is 22.0 Å². The lowest BCUT2D eigenvalue weighted by Crippen LogP contribution is -2.50. The Kier molecular flexibility index (Phi) is 5.42. The number of carbonyl (C=O) groups excluding carboxylic acids is 1. The normalized spacial score (nSPS) is 15.7. The molecule has 1 atom stereocenters. The van der Waals surface area contributed by atoms with Gasteiger partial charge in [0.15, 0.2) is 6.10 Å². The van der Waals surface area contributed by atoms with Crippen LogP contribution >= 0.6 is 0 Å². The zero-order chi connectivity index (χ0) is 18.7. The maximum Gasteiger partial charge on any atom is 0.256 e. The Morgan fingerprint density at radius 2 is 1.65 bits per heavy atom. The highest BCUT2D eigenvalue weighted by Gasteiger charge is 2.27. The number of benzene rings is 1. The van der Waals surface area contributed by atoms with Crippen LogP contribution in [0.25, 0.3) is 0 Å². The van der Waals surface area contributed by atoms with Gasteiger partial charge >= 0.3 is 0 Å². The fourth-order valence-electron chi connectivity index (χ4n) is 3.28. The Morgan fingerprint density at radius 3 is 2.19 bits per heavy atom. The second-order valence-electron chi connectivity index (χ2n) is 6.60. The number of ether oxygens (including phenoxy) is 1. The third-order valence-corrected chi connectivity index (χ3v) is 4.69. The predicted molar refractivity (Wildman–Crippen MR) is 100 cm³/mol. The van der Waals surface area contributed by atoms with Crippen molar-refractivity contribution in [2.24, 2.45) is 0 Å². The smallest absolute Gasteiger partial charge is 0.256 e. The summed E-state index contributed by atoms with van der Waals surface area (Å²) in [5.41, 5.74) is 3.71. The Balaban J connectivity index is 1.62. The number of pyridine rings is 1. The van der Waals surface area contributed by atoms with E-state index in [-0.39, 0.29) is 5.91 Å². The minimum absolute atomic E-state index is 0.253. The summed E-state index contributed by atoms with van der Waals surface area (Å²) >= 11 is 0. The summed E-state index contributed by atoms with van der Waals surface area (Å²) in [6.07, 6.45) is -1.14. The molecule has 3 rings (SSSR count). The topological polar surface area (TPSA) is 65.9 Å². The minimum atomic E-state index is -1.14. The van der Waals surface area contributed by atoms with E-state index >= 15 is 0 Å². The average Bonchev–Trinajstić information content (AvgIpc) is 2.66. The Bertz CT molecular complexity index is 748. The van der Waals surface area contributed by atoms with E-state index in [0.29, 0.717) is 24.4 Å². The lowest BCUT2D eigenvalue weighted by Gasteiger charge is -2.37. The first-order chi connectivity index (χ1) is 12.5. The first-order valence-corrected chi connectivity index (χ1v) is 8.79. The third-order valence-electron chi connectivity index (χ3n) is 4.69. The predicted octanol–water partition coefficient (Wildman–Crippen LogP) is 2.09. The zero-order valence-electron chi connectivity index (χ0n) is 15.5. The maximum atomic E-state index is 12.6. The van der Waals surface area contributed by atoms with Crippen LogP contribution in [0.4, 0.5) is 5.69 Å². The van der Waals surface area contributed by atoms with Gasteiger partial charge in [0.2, 0.25) is 0 Å². The van der Waals surface area contributed by atoms with Crippen molar-refractivity contribution in [3.63, 3.8) is 0 Å². The number of methoxy groups -OCH3 is 1. The number of carbonyl (C=O) groups is 1. The quantitative estimate of drug-likeness (QED) is 0.910. The van der Waals surface area contributed by atoms with Crippen molar-refractivity contribution < 1.29 is 14.6 Å². The van der Waals surface area contributed by atoms with Crippen molar-refractivity contribution in [3.05, 3.63) is 53.3 Å². The van der Waals surface area contributed by atoms with Crippen LogP contribution in [0.3, 0.4) is 0 Å². The monoisotopic (exact) mass is 355 g/mol. The molecular formula is C20H25N3O3. The van der Waals surface area contributed by atoms with Gasteiger partial charge in [-0.25, -0.2) is 0 Å². The van der Waals surface area contributed by atoms with Crippen LogP contribution in [0.1, 0.15) is 23.1 Å². The van der Waals surface area contributed by atoms with Gasteiger partial charge in [0, 0.05) is 43.3 Å². The molecule has 138 valence electrons. The molecule has 1 amide bonds. The molecular weight excluding hydrogens is 330 g/mol. The van der Waals surface area contributed by atoms with Crippen molar-refractivity contribution in [2.45, 2.75) is 20.0 Å². The second-order valence-corrected chi connectivity index (χ2v) is 6.60. The number of hydrogen-bond acceptors (Lipinski definition) is 5. The number of piperazine rings is 1. The van der Waals surface area contributed by atoms with Crippen LogP contribution in [0.2, 0.25) is 0 Å². The molecule has 1 aromatic carbocycles. The van der Waals surface area contributed by atoms with Crippen molar-refractivity contribution in [1.82, 2.24) is 9.88 Å². The highest BCUT2D eigenvalue weighted by atomic mass is 16.5. The largest absolute Gasteiger partial charge is 0.497 e. The summed E-state index contributed by atoms with van der Waals surface area (Å²) in [7, 11) is 1.59. The van der Waals surface area contributed by atoms with Gasteiger partial charge in [0.05, 0.1) is 7.11 Å². The molecule has 0 saturated carbocycles. The van der Waals surface area contributed by atoms with Gasteiger partial charge in [-0.3, -0.25) is 9.78 Å². The van der Waals surface area contributed by atoms with Gasteiger partial charge in [-0.05, 0) is 43.7 Å². The minimum Gasteiger partial charge on any atom is -0.497 e. The highest BCUT2D eigenvalue weighted by molar-refractivity contribution is 5.82. The molecule has 0 aliphatic carbocycles. The van der Waals surface area contributed by atoms with Crippen molar-refractivity contribution in [1.29, 1.82) is 0 Å². The van der Waals surface area contributed by atoms with Crippen LogP contribution < -0.4 is 9.64 Å². The van der Waals surface area contributed by atoms with Gasteiger partial charge in [-0.2, -0.15) is 0 Å². The molecule has 6 heteroatoms. The second kappa shape index (κ2) is 7.74. The molecule has 0 bridgehead atoms. The zero-order valence-corrected chi connectivity index (χ0v) is 15.5. The Hall–Kier alpha value is -2.60. The highest BCUT2D eigenvalue weighted by Crippen LogP contribution is 2.22. The number of aliphatic hydroxyl groups excluding tert-OH is 1. The van der Waals surface area contributed by atoms with E-state index in [9.17, 15) is 9.90 Å². The number of rotatable bonds is 4. The third kappa shape index (κ3) is 3.96. The Morgan fingerprint density at radius 1 is 1.08 bits per heavy atom. The number of aromatic nitrogens is 1. The maximum absolute atomic E-state index is 12.6. The molecule has 6 nitrogen and oxygen atoms in total. The van der Waals surface area contributed by atoms with Crippen molar-refractivity contribution >= 4 is 11.6 Å². The average molecular weight is 355 g/mol. The molecule has 0 unspecified atom stereocenters. The lowest BCUT2D eigenvalue weighted by atomic mass is 10.1. The van der Waals surface area contributed by atoms with Crippen LogP contribution in [0, 0.1) is 13.8 Å². The molecule has 1 fully saturated rings. The number of aliphatic hydroxyl groups is 1. The van der Waals surface area contributed by atoms with E-state index in [4.69, 9.17) is 4.74 Å². The molecule has 26 heavy (non-hydrogen) atoms. The molecule has 1 N–H and O–H groups in total. The first-order valence-electron chi connectivity index (χ1n) is 8.79. The summed E-state index contributed by atoms with van der Waals surface area (Å²) in [6, 6.07) is 11.1. The van der Waals surface area contributed by atoms with E-state index in [0.717, 1.165) is 30.2 Å². The van der Waals surface area contributed by atoms with Crippen LogP contribution in [0.15, 0.2) is 36.4 Å². The van der Waals surface area contributed by atoms with Gasteiger partial charge in [0.25, 0.3) is 5.91 Å².